The second kappa shape index (κ2) is 6.91. The third kappa shape index (κ3) is 3.85. The molecule has 1 atom stereocenters. The van der Waals surface area contributed by atoms with E-state index in [0.29, 0.717) is 24.5 Å². The number of likely N-dealkylation sites (N-methyl/N-ethyl adjacent to an activating group) is 1. The molecule has 1 saturated heterocycles. The molecule has 0 aliphatic carbocycles. The Morgan fingerprint density at radius 1 is 1.43 bits per heavy atom. The first-order valence-electron chi connectivity index (χ1n) is 7.57. The summed E-state index contributed by atoms with van der Waals surface area (Å²) in [4.78, 5) is 2.54. The number of hydrogen-bond donors (Lipinski definition) is 2. The molecule has 1 aromatic rings. The number of aromatic nitrogens is 1. The van der Waals surface area contributed by atoms with Crippen molar-refractivity contribution in [1.29, 1.82) is 0 Å². The maximum absolute atomic E-state index is 12.4. The number of sulfonamides is 1. The summed E-state index contributed by atoms with van der Waals surface area (Å²) in [6.07, 6.45) is 5.07. The maximum Gasteiger partial charge on any atom is 0.242 e. The standard InChI is InChI=1S/C14H26N4O2S/c1-3-18-11-14(8-13(18)9-15)21(19,20)16-10-12-6-4-5-7-17(12)2/h8,11-12,16H,3-7,9-10,15H2,1-2H3. The van der Waals surface area contributed by atoms with Gasteiger partial charge in [-0.3, -0.25) is 0 Å². The number of rotatable bonds is 6. The Labute approximate surface area is 127 Å². The van der Waals surface area contributed by atoms with Crippen molar-refractivity contribution in [3.63, 3.8) is 0 Å². The number of nitrogens with one attached hydrogen (secondary N) is 1. The van der Waals surface area contributed by atoms with Gasteiger partial charge in [-0.15, -0.1) is 0 Å². The fourth-order valence-corrected chi connectivity index (χ4v) is 3.97. The average molecular weight is 314 g/mol. The number of hydrogen-bond acceptors (Lipinski definition) is 4. The van der Waals surface area contributed by atoms with Crippen LogP contribution in [-0.4, -0.2) is 44.1 Å². The van der Waals surface area contributed by atoms with Crippen molar-refractivity contribution in [3.8, 4) is 0 Å². The van der Waals surface area contributed by atoms with E-state index in [2.05, 4.69) is 16.7 Å². The minimum absolute atomic E-state index is 0.288. The molecule has 7 heteroatoms. The molecule has 0 bridgehead atoms. The van der Waals surface area contributed by atoms with Crippen LogP contribution in [0.5, 0.6) is 0 Å². The minimum atomic E-state index is -3.46. The molecule has 1 fully saturated rings. The number of piperidine rings is 1. The molecule has 1 aliphatic rings. The third-order valence-corrected chi connectivity index (χ3v) is 5.64. The molecule has 2 heterocycles. The highest BCUT2D eigenvalue weighted by Gasteiger charge is 2.23. The van der Waals surface area contributed by atoms with Crippen molar-refractivity contribution >= 4 is 10.0 Å². The number of likely N-dealkylation sites (tertiary alicyclic amines) is 1. The molecule has 0 spiro atoms. The second-order valence-corrected chi connectivity index (χ2v) is 7.41. The van der Waals surface area contributed by atoms with Gasteiger partial charge in [0.15, 0.2) is 0 Å². The lowest BCUT2D eigenvalue weighted by Gasteiger charge is -2.32. The predicted molar refractivity (Wildman–Crippen MR) is 83.5 cm³/mol. The van der Waals surface area contributed by atoms with Gasteiger partial charge in [0.25, 0.3) is 0 Å². The number of aryl methyl sites for hydroxylation is 1. The van der Waals surface area contributed by atoms with Gasteiger partial charge in [-0.1, -0.05) is 6.42 Å². The minimum Gasteiger partial charge on any atom is -0.349 e. The van der Waals surface area contributed by atoms with Gasteiger partial charge in [-0.25, -0.2) is 13.1 Å². The van der Waals surface area contributed by atoms with Crippen molar-refractivity contribution in [1.82, 2.24) is 14.2 Å². The van der Waals surface area contributed by atoms with E-state index in [9.17, 15) is 8.42 Å². The second-order valence-electron chi connectivity index (χ2n) is 5.64. The lowest BCUT2D eigenvalue weighted by molar-refractivity contribution is 0.187. The summed E-state index contributed by atoms with van der Waals surface area (Å²) < 4.78 is 29.4. The molecule has 0 aromatic carbocycles. The molecule has 3 N–H and O–H groups in total. The van der Waals surface area contributed by atoms with Crippen molar-refractivity contribution in [2.24, 2.45) is 5.73 Å². The van der Waals surface area contributed by atoms with Gasteiger partial charge in [0.1, 0.15) is 0 Å². The number of nitrogens with two attached hydrogens (primary N) is 1. The molecule has 6 nitrogen and oxygen atoms in total. The molecule has 0 saturated carbocycles. The Kier molecular flexibility index (Phi) is 5.43. The van der Waals surface area contributed by atoms with Crippen LogP contribution in [0.3, 0.4) is 0 Å². The van der Waals surface area contributed by atoms with E-state index in [1.54, 1.807) is 12.3 Å². The van der Waals surface area contributed by atoms with E-state index < -0.39 is 10.0 Å². The van der Waals surface area contributed by atoms with Gasteiger partial charge in [0.2, 0.25) is 10.0 Å². The van der Waals surface area contributed by atoms with E-state index in [0.717, 1.165) is 18.7 Å². The summed E-state index contributed by atoms with van der Waals surface area (Å²) >= 11 is 0. The molecular weight excluding hydrogens is 288 g/mol. The van der Waals surface area contributed by atoms with Crippen LogP contribution in [0.4, 0.5) is 0 Å². The van der Waals surface area contributed by atoms with Crippen molar-refractivity contribution in [3.05, 3.63) is 18.0 Å². The highest BCUT2D eigenvalue weighted by molar-refractivity contribution is 7.89. The van der Waals surface area contributed by atoms with Crippen LogP contribution in [0.1, 0.15) is 31.9 Å². The van der Waals surface area contributed by atoms with Gasteiger partial charge in [0.05, 0.1) is 4.90 Å². The zero-order valence-electron chi connectivity index (χ0n) is 12.9. The summed E-state index contributed by atoms with van der Waals surface area (Å²) in [5, 5.41) is 0. The fraction of sp³-hybridized carbons (Fsp3) is 0.714. The molecule has 120 valence electrons. The van der Waals surface area contributed by atoms with Crippen LogP contribution in [-0.2, 0) is 23.1 Å². The molecule has 1 unspecified atom stereocenters. The Bertz CT molecular complexity index is 546. The lowest BCUT2D eigenvalue weighted by Crippen LogP contribution is -2.44. The zero-order valence-corrected chi connectivity index (χ0v) is 13.7. The Morgan fingerprint density at radius 2 is 2.19 bits per heavy atom. The molecule has 1 aliphatic heterocycles. The first kappa shape index (κ1) is 16.5. The van der Waals surface area contributed by atoms with Crippen LogP contribution >= 0.6 is 0 Å². The quantitative estimate of drug-likeness (QED) is 0.811. The zero-order chi connectivity index (χ0) is 15.5. The van der Waals surface area contributed by atoms with Crippen LogP contribution in [0, 0.1) is 0 Å². The smallest absolute Gasteiger partial charge is 0.242 e. The van der Waals surface area contributed by atoms with Crippen molar-refractivity contribution in [2.45, 2.75) is 50.2 Å². The topological polar surface area (TPSA) is 80.4 Å². The highest BCUT2D eigenvalue weighted by Crippen LogP contribution is 2.17. The molecule has 21 heavy (non-hydrogen) atoms. The molecular formula is C14H26N4O2S. The van der Waals surface area contributed by atoms with Gasteiger partial charge in [-0.2, -0.15) is 0 Å². The van der Waals surface area contributed by atoms with Crippen molar-refractivity contribution < 1.29 is 8.42 Å². The van der Waals surface area contributed by atoms with Crippen molar-refractivity contribution in [2.75, 3.05) is 20.1 Å². The van der Waals surface area contributed by atoms with E-state index in [1.807, 2.05) is 11.5 Å². The van der Waals surface area contributed by atoms with E-state index in [1.165, 1.54) is 12.8 Å². The number of nitrogens with zero attached hydrogens (tertiary/aromatic N) is 2. The van der Waals surface area contributed by atoms with Crippen LogP contribution in [0.25, 0.3) is 0 Å². The lowest BCUT2D eigenvalue weighted by atomic mass is 10.0. The summed E-state index contributed by atoms with van der Waals surface area (Å²) in [5.41, 5.74) is 6.49. The van der Waals surface area contributed by atoms with E-state index in [4.69, 9.17) is 5.73 Å². The van der Waals surface area contributed by atoms with E-state index in [-0.39, 0.29) is 6.04 Å². The third-order valence-electron chi connectivity index (χ3n) is 4.25. The summed E-state index contributed by atoms with van der Waals surface area (Å²) in [5.74, 6) is 0. The van der Waals surface area contributed by atoms with E-state index >= 15 is 0 Å². The normalized spacial score (nSPS) is 20.8. The van der Waals surface area contributed by atoms with Crippen LogP contribution < -0.4 is 10.5 Å². The Balaban J connectivity index is 2.06. The van der Waals surface area contributed by atoms with Crippen LogP contribution in [0.15, 0.2) is 17.2 Å². The Morgan fingerprint density at radius 3 is 2.76 bits per heavy atom. The molecule has 0 radical (unpaired) electrons. The molecule has 0 amide bonds. The SMILES string of the molecule is CCn1cc(S(=O)(=O)NCC2CCCCN2C)cc1CN. The van der Waals surface area contributed by atoms with Gasteiger partial charge >= 0.3 is 0 Å². The van der Waals surface area contributed by atoms with Gasteiger partial charge < -0.3 is 15.2 Å². The largest absolute Gasteiger partial charge is 0.349 e. The predicted octanol–water partition coefficient (Wildman–Crippen LogP) is 0.729. The van der Waals surface area contributed by atoms with Gasteiger partial charge in [-0.05, 0) is 39.4 Å². The summed E-state index contributed by atoms with van der Waals surface area (Å²) in [6, 6.07) is 1.95. The van der Waals surface area contributed by atoms with Gasteiger partial charge in [0, 0.05) is 37.6 Å². The first-order valence-corrected chi connectivity index (χ1v) is 9.05. The highest BCUT2D eigenvalue weighted by atomic mass is 32.2. The average Bonchev–Trinajstić information content (AvgIpc) is 2.90. The van der Waals surface area contributed by atoms with Crippen LogP contribution in [0.2, 0.25) is 0 Å². The fourth-order valence-electron chi connectivity index (χ4n) is 2.83. The molecule has 2 rings (SSSR count). The maximum atomic E-state index is 12.4. The first-order chi connectivity index (χ1) is 9.97. The summed E-state index contributed by atoms with van der Waals surface area (Å²) in [6.45, 7) is 4.53. The monoisotopic (exact) mass is 314 g/mol. The summed E-state index contributed by atoms with van der Waals surface area (Å²) in [7, 11) is -1.40. The Hall–Kier alpha value is -0.890. The molecule has 1 aromatic heterocycles.